The van der Waals surface area contributed by atoms with Crippen LogP contribution in [0.4, 0.5) is 11.4 Å². The summed E-state index contributed by atoms with van der Waals surface area (Å²) in [6.07, 6.45) is 2.39. The highest BCUT2D eigenvalue weighted by Crippen LogP contribution is 2.25. The van der Waals surface area contributed by atoms with Gasteiger partial charge >= 0.3 is 0 Å². The molecule has 100 valence electrons. The van der Waals surface area contributed by atoms with E-state index in [1.165, 1.54) is 19.2 Å². The molecule has 0 spiro atoms. The van der Waals surface area contributed by atoms with Crippen LogP contribution >= 0.6 is 0 Å². The summed E-state index contributed by atoms with van der Waals surface area (Å²) in [5.74, 6) is 1.05. The van der Waals surface area contributed by atoms with Crippen LogP contribution in [0, 0.1) is 10.1 Å². The third-order valence-corrected chi connectivity index (χ3v) is 3.14. The Labute approximate surface area is 108 Å². The fourth-order valence-electron chi connectivity index (χ4n) is 1.42. The largest absolute Gasteiger partial charge is 0.496 e. The molecule has 0 fully saturated rings. The van der Waals surface area contributed by atoms with E-state index in [0.29, 0.717) is 23.7 Å². The first-order valence-corrected chi connectivity index (χ1v) is 7.13. The highest BCUT2D eigenvalue weighted by atomic mass is 32.2. The van der Waals surface area contributed by atoms with Gasteiger partial charge in [-0.15, -0.1) is 0 Å². The van der Waals surface area contributed by atoms with Gasteiger partial charge in [-0.25, -0.2) is 0 Å². The number of ether oxygens (including phenoxy) is 1. The Hall–Kier alpha value is -1.63. The molecule has 7 heteroatoms. The van der Waals surface area contributed by atoms with Crippen molar-refractivity contribution in [2.75, 3.05) is 31.0 Å². The maximum atomic E-state index is 10.9. The number of rotatable bonds is 7. The predicted octanol–water partition coefficient (Wildman–Crippen LogP) is 1.78. The highest BCUT2D eigenvalue weighted by Gasteiger charge is 2.09. The Bertz CT molecular complexity index is 451. The second kappa shape index (κ2) is 6.95. The van der Waals surface area contributed by atoms with Crippen LogP contribution in [0.1, 0.15) is 6.42 Å². The van der Waals surface area contributed by atoms with Gasteiger partial charge in [0.1, 0.15) is 5.75 Å². The summed E-state index contributed by atoms with van der Waals surface area (Å²) in [7, 11) is 0.647. The van der Waals surface area contributed by atoms with Crippen molar-refractivity contribution in [1.29, 1.82) is 0 Å². The topological polar surface area (TPSA) is 81.5 Å². The zero-order chi connectivity index (χ0) is 13.5. The van der Waals surface area contributed by atoms with Gasteiger partial charge in [-0.2, -0.15) is 0 Å². The molecular weight excluding hydrogens is 256 g/mol. The average molecular weight is 272 g/mol. The lowest BCUT2D eigenvalue weighted by Gasteiger charge is -2.07. The van der Waals surface area contributed by atoms with Crippen molar-refractivity contribution < 1.29 is 13.9 Å². The molecule has 1 aromatic rings. The summed E-state index contributed by atoms with van der Waals surface area (Å²) >= 11 is 0. The predicted molar refractivity (Wildman–Crippen MR) is 71.7 cm³/mol. The second-order valence-corrected chi connectivity index (χ2v) is 5.29. The Balaban J connectivity index is 2.66. The number of anilines is 1. The van der Waals surface area contributed by atoms with Crippen molar-refractivity contribution in [3.63, 3.8) is 0 Å². The summed E-state index contributed by atoms with van der Waals surface area (Å²) in [5.41, 5.74) is 0.610. The van der Waals surface area contributed by atoms with E-state index in [4.69, 9.17) is 4.74 Å². The Morgan fingerprint density at radius 3 is 2.72 bits per heavy atom. The molecule has 0 bridgehead atoms. The Morgan fingerprint density at radius 2 is 2.17 bits per heavy atom. The molecule has 0 saturated carbocycles. The summed E-state index contributed by atoms with van der Waals surface area (Å²) in [6.45, 7) is 0.615. The van der Waals surface area contributed by atoms with Crippen molar-refractivity contribution in [3.05, 3.63) is 28.3 Å². The third-order valence-electron chi connectivity index (χ3n) is 2.28. The van der Waals surface area contributed by atoms with Gasteiger partial charge in [-0.1, -0.05) is 0 Å². The lowest BCUT2D eigenvalue weighted by Crippen LogP contribution is -2.06. The van der Waals surface area contributed by atoms with Gasteiger partial charge < -0.3 is 10.1 Å². The van der Waals surface area contributed by atoms with E-state index < -0.39 is 15.7 Å². The average Bonchev–Trinajstić information content (AvgIpc) is 2.34. The SMILES string of the molecule is COc1cc(NCCCS(C)=O)cc([N+](=O)[O-])c1. The molecule has 0 saturated heterocycles. The quantitative estimate of drug-likeness (QED) is 0.465. The molecule has 6 nitrogen and oxygen atoms in total. The number of nitrogens with zero attached hydrogens (tertiary/aromatic N) is 1. The van der Waals surface area contributed by atoms with E-state index in [2.05, 4.69) is 5.32 Å². The van der Waals surface area contributed by atoms with Crippen LogP contribution in [0.25, 0.3) is 0 Å². The zero-order valence-corrected chi connectivity index (χ0v) is 11.2. The van der Waals surface area contributed by atoms with Crippen molar-refractivity contribution >= 4 is 22.2 Å². The van der Waals surface area contributed by atoms with Crippen LogP contribution in [-0.2, 0) is 10.8 Å². The van der Waals surface area contributed by atoms with Gasteiger partial charge in [0.2, 0.25) is 0 Å². The zero-order valence-electron chi connectivity index (χ0n) is 10.3. The Kier molecular flexibility index (Phi) is 5.57. The number of nitro benzene ring substituents is 1. The van der Waals surface area contributed by atoms with Crippen molar-refractivity contribution in [2.24, 2.45) is 0 Å². The first-order valence-electron chi connectivity index (χ1n) is 5.40. The van der Waals surface area contributed by atoms with E-state index in [9.17, 15) is 14.3 Å². The molecule has 1 atom stereocenters. The van der Waals surface area contributed by atoms with Crippen LogP contribution < -0.4 is 10.1 Å². The number of nitro groups is 1. The van der Waals surface area contributed by atoms with E-state index in [1.54, 1.807) is 12.3 Å². The maximum Gasteiger partial charge on any atom is 0.275 e. The molecule has 1 unspecified atom stereocenters. The molecular formula is C11H16N2O4S. The first-order chi connectivity index (χ1) is 8.52. The van der Waals surface area contributed by atoms with Crippen molar-refractivity contribution in [2.45, 2.75) is 6.42 Å². The smallest absolute Gasteiger partial charge is 0.275 e. The van der Waals surface area contributed by atoms with Crippen molar-refractivity contribution in [3.8, 4) is 5.75 Å². The fraction of sp³-hybridized carbons (Fsp3) is 0.455. The number of methoxy groups -OCH3 is 1. The molecule has 0 aliphatic rings. The number of hydrogen-bond donors (Lipinski definition) is 1. The fourth-order valence-corrected chi connectivity index (χ4v) is 1.97. The second-order valence-electron chi connectivity index (χ2n) is 3.73. The number of benzene rings is 1. The van der Waals surface area contributed by atoms with Crippen LogP contribution in [0.15, 0.2) is 18.2 Å². The summed E-state index contributed by atoms with van der Waals surface area (Å²) in [6, 6.07) is 4.51. The lowest BCUT2D eigenvalue weighted by atomic mass is 10.2. The van der Waals surface area contributed by atoms with Gasteiger partial charge in [0.05, 0.1) is 18.1 Å². The van der Waals surface area contributed by atoms with Gasteiger partial charge in [0, 0.05) is 47.2 Å². The number of nitrogens with one attached hydrogen (secondary N) is 1. The molecule has 0 aliphatic carbocycles. The number of non-ortho nitro benzene ring substituents is 1. The van der Waals surface area contributed by atoms with E-state index in [-0.39, 0.29) is 5.69 Å². The van der Waals surface area contributed by atoms with Crippen molar-refractivity contribution in [1.82, 2.24) is 0 Å². The minimum absolute atomic E-state index is 0.0177. The maximum absolute atomic E-state index is 10.9. The number of hydrogen-bond acceptors (Lipinski definition) is 5. The van der Waals surface area contributed by atoms with Crippen LogP contribution in [0.3, 0.4) is 0 Å². The van der Waals surface area contributed by atoms with Gasteiger partial charge in [0.15, 0.2) is 0 Å². The molecule has 0 aromatic heterocycles. The van der Waals surface area contributed by atoms with Crippen LogP contribution in [0.2, 0.25) is 0 Å². The Morgan fingerprint density at radius 1 is 1.44 bits per heavy atom. The molecule has 0 amide bonds. The molecule has 1 N–H and O–H groups in total. The molecule has 1 aromatic carbocycles. The molecule has 18 heavy (non-hydrogen) atoms. The monoisotopic (exact) mass is 272 g/mol. The van der Waals surface area contributed by atoms with E-state index >= 15 is 0 Å². The standard InChI is InChI=1S/C11H16N2O4S/c1-17-11-7-9(6-10(8-11)13(14)15)12-4-3-5-18(2)16/h6-8,12H,3-5H2,1-2H3. The minimum Gasteiger partial charge on any atom is -0.496 e. The van der Waals surface area contributed by atoms with Crippen LogP contribution in [-0.4, -0.2) is 34.8 Å². The lowest BCUT2D eigenvalue weighted by molar-refractivity contribution is -0.384. The normalized spacial score (nSPS) is 11.9. The highest BCUT2D eigenvalue weighted by molar-refractivity contribution is 7.84. The molecule has 1 rings (SSSR count). The van der Waals surface area contributed by atoms with Crippen LogP contribution in [0.5, 0.6) is 5.75 Å². The summed E-state index contributed by atoms with van der Waals surface area (Å²) in [4.78, 5) is 10.3. The van der Waals surface area contributed by atoms with Gasteiger partial charge in [-0.3, -0.25) is 14.3 Å². The van der Waals surface area contributed by atoms with Gasteiger partial charge in [-0.05, 0) is 6.42 Å². The van der Waals surface area contributed by atoms with E-state index in [1.807, 2.05) is 0 Å². The van der Waals surface area contributed by atoms with E-state index in [0.717, 1.165) is 6.42 Å². The molecule has 0 radical (unpaired) electrons. The first kappa shape index (κ1) is 14.4. The summed E-state index contributed by atoms with van der Waals surface area (Å²) in [5, 5.41) is 13.8. The summed E-state index contributed by atoms with van der Waals surface area (Å²) < 4.78 is 15.9. The molecule has 0 aliphatic heterocycles. The van der Waals surface area contributed by atoms with Gasteiger partial charge in [0.25, 0.3) is 5.69 Å². The minimum atomic E-state index is -0.814. The molecule has 0 heterocycles. The third kappa shape index (κ3) is 4.70.